The Balaban J connectivity index is 1.53. The van der Waals surface area contributed by atoms with E-state index < -0.39 is 24.0 Å². The molecule has 7 nitrogen and oxygen atoms in total. The zero-order chi connectivity index (χ0) is 21.0. The number of esters is 1. The molecule has 1 aliphatic heterocycles. The Morgan fingerprint density at radius 1 is 1.14 bits per heavy atom. The van der Waals surface area contributed by atoms with E-state index in [1.807, 2.05) is 24.3 Å². The highest BCUT2D eigenvalue weighted by Gasteiger charge is 2.33. The monoisotopic (exact) mass is 459 g/mol. The van der Waals surface area contributed by atoms with Crippen LogP contribution in [0.3, 0.4) is 0 Å². The van der Waals surface area contributed by atoms with Crippen molar-refractivity contribution in [3.8, 4) is 0 Å². The summed E-state index contributed by atoms with van der Waals surface area (Å²) in [6, 6.07) is 13.8. The fourth-order valence-electron chi connectivity index (χ4n) is 2.99. The molecular formula is C21H22BrN3O4. The molecule has 1 amide bonds. The molecule has 0 aliphatic carbocycles. The summed E-state index contributed by atoms with van der Waals surface area (Å²) < 4.78 is 6.30. The van der Waals surface area contributed by atoms with E-state index in [1.54, 1.807) is 24.3 Å². The van der Waals surface area contributed by atoms with Crippen LogP contribution in [0, 0.1) is 0 Å². The van der Waals surface area contributed by atoms with Gasteiger partial charge in [-0.2, -0.15) is 0 Å². The van der Waals surface area contributed by atoms with Gasteiger partial charge in [-0.15, -0.1) is 0 Å². The molecule has 2 aromatic rings. The zero-order valence-electron chi connectivity index (χ0n) is 16.1. The first-order valence-corrected chi connectivity index (χ1v) is 10.0. The molecule has 1 aliphatic rings. The molecule has 0 spiro atoms. The van der Waals surface area contributed by atoms with Crippen LogP contribution in [-0.2, 0) is 14.3 Å². The van der Waals surface area contributed by atoms with E-state index in [2.05, 4.69) is 32.1 Å². The Kier molecular flexibility index (Phi) is 6.79. The molecule has 3 N–H and O–H groups in total. The van der Waals surface area contributed by atoms with Crippen LogP contribution in [0.1, 0.15) is 42.2 Å². The smallest absolute Gasteiger partial charge is 0.325 e. The summed E-state index contributed by atoms with van der Waals surface area (Å²) in [5, 5.41) is 2.66. The van der Waals surface area contributed by atoms with Crippen molar-refractivity contribution in [1.29, 1.82) is 0 Å². The summed E-state index contributed by atoms with van der Waals surface area (Å²) in [6.07, 6.45) is -0.466. The minimum atomic E-state index is -0.975. The molecule has 0 radical (unpaired) electrons. The molecule has 2 aromatic carbocycles. The predicted molar refractivity (Wildman–Crippen MR) is 112 cm³/mol. The largest absolute Gasteiger partial charge is 0.451 e. The highest BCUT2D eigenvalue weighted by molar-refractivity contribution is 9.10. The maximum Gasteiger partial charge on any atom is 0.325 e. The molecule has 29 heavy (non-hydrogen) atoms. The van der Waals surface area contributed by atoms with Gasteiger partial charge in [0.2, 0.25) is 0 Å². The number of hydrogen-bond donors (Lipinski definition) is 3. The number of amides is 1. The van der Waals surface area contributed by atoms with Crippen molar-refractivity contribution in [3.05, 3.63) is 64.1 Å². The summed E-state index contributed by atoms with van der Waals surface area (Å²) in [7, 11) is 0. The number of nitrogens with one attached hydrogen (secondary N) is 3. The van der Waals surface area contributed by atoms with Crippen molar-refractivity contribution in [2.24, 2.45) is 0 Å². The lowest BCUT2D eigenvalue weighted by molar-refractivity contribution is -0.155. The number of hydrogen-bond acceptors (Lipinski definition) is 6. The molecule has 3 unspecified atom stereocenters. The van der Waals surface area contributed by atoms with Crippen LogP contribution in [0.5, 0.6) is 0 Å². The van der Waals surface area contributed by atoms with Crippen LogP contribution < -0.4 is 16.2 Å². The standard InChI is InChI=1S/C21H22BrN3O4/c1-12(26)15-4-3-5-17(10-15)23-20(27)13(2)29-21(28)19-11-18(24-25-19)14-6-8-16(22)9-7-14/h3-10,13,18-19,24-25H,11H2,1-2H3,(H,23,27). The third-order valence-corrected chi connectivity index (χ3v) is 5.19. The molecule has 1 saturated heterocycles. The molecule has 3 rings (SSSR count). The zero-order valence-corrected chi connectivity index (χ0v) is 17.7. The van der Waals surface area contributed by atoms with E-state index in [9.17, 15) is 14.4 Å². The van der Waals surface area contributed by atoms with Gasteiger partial charge in [0.25, 0.3) is 5.91 Å². The number of anilines is 1. The maximum absolute atomic E-state index is 12.4. The number of carbonyl (C=O) groups excluding carboxylic acids is 3. The van der Waals surface area contributed by atoms with Crippen LogP contribution in [0.25, 0.3) is 0 Å². The Morgan fingerprint density at radius 3 is 2.55 bits per heavy atom. The molecule has 0 bridgehead atoms. The van der Waals surface area contributed by atoms with Crippen molar-refractivity contribution < 1.29 is 19.1 Å². The normalized spacial score (nSPS) is 19.4. The lowest BCUT2D eigenvalue weighted by Gasteiger charge is -2.16. The van der Waals surface area contributed by atoms with Gasteiger partial charge in [0.15, 0.2) is 11.9 Å². The average molecular weight is 460 g/mol. The molecule has 3 atom stereocenters. The Morgan fingerprint density at radius 2 is 1.86 bits per heavy atom. The minimum Gasteiger partial charge on any atom is -0.451 e. The van der Waals surface area contributed by atoms with Gasteiger partial charge in [-0.1, -0.05) is 40.2 Å². The number of hydrazine groups is 1. The van der Waals surface area contributed by atoms with Crippen LogP contribution >= 0.6 is 15.9 Å². The average Bonchev–Trinajstić information content (AvgIpc) is 3.19. The molecular weight excluding hydrogens is 438 g/mol. The highest BCUT2D eigenvalue weighted by Crippen LogP contribution is 2.24. The van der Waals surface area contributed by atoms with E-state index >= 15 is 0 Å². The van der Waals surface area contributed by atoms with Gasteiger partial charge in [-0.25, -0.2) is 10.9 Å². The third-order valence-electron chi connectivity index (χ3n) is 4.66. The summed E-state index contributed by atoms with van der Waals surface area (Å²) in [5.41, 5.74) is 8.03. The summed E-state index contributed by atoms with van der Waals surface area (Å²) in [6.45, 7) is 2.96. The van der Waals surface area contributed by atoms with Gasteiger partial charge in [0.05, 0.1) is 0 Å². The molecule has 0 saturated carbocycles. The molecule has 1 heterocycles. The number of benzene rings is 2. The second kappa shape index (κ2) is 9.30. The second-order valence-electron chi connectivity index (χ2n) is 6.89. The van der Waals surface area contributed by atoms with Crippen molar-refractivity contribution in [1.82, 2.24) is 10.9 Å². The van der Waals surface area contributed by atoms with Crippen molar-refractivity contribution in [3.63, 3.8) is 0 Å². The first-order chi connectivity index (χ1) is 13.8. The number of ether oxygens (including phenoxy) is 1. The van der Waals surface area contributed by atoms with Crippen LogP contribution in [-0.4, -0.2) is 29.8 Å². The topological polar surface area (TPSA) is 96.5 Å². The Bertz CT molecular complexity index is 916. The van der Waals surface area contributed by atoms with Crippen molar-refractivity contribution in [2.75, 3.05) is 5.32 Å². The van der Waals surface area contributed by atoms with Gasteiger partial charge in [0, 0.05) is 21.8 Å². The van der Waals surface area contributed by atoms with Crippen LogP contribution in [0.15, 0.2) is 53.0 Å². The Labute approximate surface area is 177 Å². The third kappa shape index (κ3) is 5.50. The number of halogens is 1. The van der Waals surface area contributed by atoms with E-state index in [0.717, 1.165) is 10.0 Å². The minimum absolute atomic E-state index is 0.0286. The number of carbonyl (C=O) groups is 3. The first-order valence-electron chi connectivity index (χ1n) is 9.22. The van der Waals surface area contributed by atoms with Gasteiger partial charge in [-0.05, 0) is 50.1 Å². The van der Waals surface area contributed by atoms with Gasteiger partial charge in [-0.3, -0.25) is 14.4 Å². The lowest BCUT2D eigenvalue weighted by Crippen LogP contribution is -2.40. The molecule has 152 valence electrons. The summed E-state index contributed by atoms with van der Waals surface area (Å²) in [4.78, 5) is 36.2. The molecule has 0 aromatic heterocycles. The van der Waals surface area contributed by atoms with Gasteiger partial charge in [0.1, 0.15) is 6.04 Å². The van der Waals surface area contributed by atoms with Crippen molar-refractivity contribution >= 4 is 39.3 Å². The molecule has 8 heteroatoms. The number of Topliss-reactive ketones (excluding diaryl/α,β-unsaturated/α-hetero) is 1. The van der Waals surface area contributed by atoms with Crippen LogP contribution in [0.2, 0.25) is 0 Å². The first kappa shape index (κ1) is 21.2. The van der Waals surface area contributed by atoms with Crippen LogP contribution in [0.4, 0.5) is 5.69 Å². The van der Waals surface area contributed by atoms with E-state index in [1.165, 1.54) is 13.8 Å². The Hall–Kier alpha value is -2.55. The summed E-state index contributed by atoms with van der Waals surface area (Å²) >= 11 is 3.40. The fraction of sp³-hybridized carbons (Fsp3) is 0.286. The SMILES string of the molecule is CC(=O)c1cccc(NC(=O)C(C)OC(=O)C2CC(c3ccc(Br)cc3)NN2)c1. The number of rotatable bonds is 6. The van der Waals surface area contributed by atoms with E-state index in [-0.39, 0.29) is 11.8 Å². The maximum atomic E-state index is 12.4. The highest BCUT2D eigenvalue weighted by atomic mass is 79.9. The van der Waals surface area contributed by atoms with Crippen molar-refractivity contribution in [2.45, 2.75) is 38.5 Å². The number of ketones is 1. The quantitative estimate of drug-likeness (QED) is 0.453. The van der Waals surface area contributed by atoms with Gasteiger partial charge < -0.3 is 10.1 Å². The van der Waals surface area contributed by atoms with E-state index in [0.29, 0.717) is 17.7 Å². The molecule has 1 fully saturated rings. The summed E-state index contributed by atoms with van der Waals surface area (Å²) in [5.74, 6) is -1.06. The fourth-order valence-corrected chi connectivity index (χ4v) is 3.26. The van der Waals surface area contributed by atoms with E-state index in [4.69, 9.17) is 4.74 Å². The predicted octanol–water partition coefficient (Wildman–Crippen LogP) is 3.13. The second-order valence-corrected chi connectivity index (χ2v) is 7.80. The van der Waals surface area contributed by atoms with Gasteiger partial charge >= 0.3 is 5.97 Å². The lowest BCUT2D eigenvalue weighted by atomic mass is 10.0.